The molecule has 1 unspecified atom stereocenters. The molecule has 0 radical (unpaired) electrons. The minimum atomic E-state index is -2.84. The molecule has 2 aliphatic rings. The lowest BCUT2D eigenvalue weighted by Gasteiger charge is -2.45. The maximum Gasteiger partial charge on any atom is 0.387 e. The summed E-state index contributed by atoms with van der Waals surface area (Å²) in [6.45, 7) is 0.671. The molecule has 2 fully saturated rings. The third-order valence-corrected chi connectivity index (χ3v) is 8.28. The van der Waals surface area contributed by atoms with Crippen molar-refractivity contribution in [2.75, 3.05) is 18.0 Å². The van der Waals surface area contributed by atoms with Gasteiger partial charge in [0.1, 0.15) is 17.4 Å². The van der Waals surface area contributed by atoms with Gasteiger partial charge in [-0.1, -0.05) is 23.7 Å². The van der Waals surface area contributed by atoms with E-state index in [0.717, 1.165) is 28.6 Å². The Bertz CT molecular complexity index is 1320. The van der Waals surface area contributed by atoms with Gasteiger partial charge in [-0.25, -0.2) is 0 Å². The summed E-state index contributed by atoms with van der Waals surface area (Å²) in [5.74, 6) is 0.145. The number of nitriles is 1. The Kier molecular flexibility index (Phi) is 6.00. The molecule has 0 N–H and O–H groups in total. The molecule has 3 aromatic rings. The summed E-state index contributed by atoms with van der Waals surface area (Å²) in [4.78, 5) is 17.6. The maximum absolute atomic E-state index is 12.9. The Morgan fingerprint density at radius 3 is 2.44 bits per heavy atom. The summed E-state index contributed by atoms with van der Waals surface area (Å²) in [6.07, 6.45) is 2.03. The largest absolute Gasteiger partial charge is 0.435 e. The van der Waals surface area contributed by atoms with Crippen LogP contribution in [0.1, 0.15) is 36.9 Å². The zero-order chi connectivity index (χ0) is 24.1. The number of pyridine rings is 1. The van der Waals surface area contributed by atoms with E-state index >= 15 is 0 Å². The number of fused-ring (bicyclic) bond motifs is 3. The summed E-state index contributed by atoms with van der Waals surface area (Å²) in [7, 11) is 1.67. The highest BCUT2D eigenvalue weighted by atomic mass is 35.5. The number of aromatic nitrogens is 1. The second-order valence-electron chi connectivity index (χ2n) is 8.83. The first-order chi connectivity index (χ1) is 16.3. The lowest BCUT2D eigenvalue weighted by atomic mass is 10.0. The van der Waals surface area contributed by atoms with Crippen molar-refractivity contribution in [3.05, 3.63) is 56.1 Å². The van der Waals surface area contributed by atoms with Gasteiger partial charge < -0.3 is 14.2 Å². The second kappa shape index (κ2) is 8.84. The molecule has 0 spiro atoms. The third-order valence-electron chi connectivity index (χ3n) is 7.02. The van der Waals surface area contributed by atoms with Crippen molar-refractivity contribution >= 4 is 38.8 Å². The molecular formula is C24H23ClF2N4O2S. The van der Waals surface area contributed by atoms with Crippen molar-refractivity contribution in [3.63, 3.8) is 0 Å². The van der Waals surface area contributed by atoms with Crippen LogP contribution in [0.25, 0.3) is 10.2 Å². The van der Waals surface area contributed by atoms with Gasteiger partial charge in [-0.05, 0) is 43.5 Å². The summed E-state index contributed by atoms with van der Waals surface area (Å²) < 4.78 is 32.4. The number of piperazine rings is 1. The zero-order valence-electron chi connectivity index (χ0n) is 18.7. The van der Waals surface area contributed by atoms with Crippen molar-refractivity contribution < 1.29 is 13.5 Å². The van der Waals surface area contributed by atoms with Crippen molar-refractivity contribution in [2.45, 2.75) is 44.5 Å². The Balaban J connectivity index is 1.45. The van der Waals surface area contributed by atoms with Gasteiger partial charge in [0, 0.05) is 38.3 Å². The predicted molar refractivity (Wildman–Crippen MR) is 129 cm³/mol. The van der Waals surface area contributed by atoms with Gasteiger partial charge >= 0.3 is 6.61 Å². The molecule has 2 aromatic heterocycles. The average molecular weight is 505 g/mol. The van der Waals surface area contributed by atoms with Crippen LogP contribution in [0.15, 0.2) is 35.1 Å². The van der Waals surface area contributed by atoms with Gasteiger partial charge in [0.05, 0.1) is 20.2 Å². The van der Waals surface area contributed by atoms with Crippen LogP contribution in [0.5, 0.6) is 5.75 Å². The highest BCUT2D eigenvalue weighted by Gasteiger charge is 2.43. The van der Waals surface area contributed by atoms with E-state index in [1.165, 1.54) is 15.9 Å². The number of halogens is 3. The van der Waals surface area contributed by atoms with Gasteiger partial charge in [-0.3, -0.25) is 9.69 Å². The Labute approximate surface area is 204 Å². The van der Waals surface area contributed by atoms with Crippen LogP contribution in [0.2, 0.25) is 4.34 Å². The molecular weight excluding hydrogens is 482 g/mol. The third kappa shape index (κ3) is 3.84. The van der Waals surface area contributed by atoms with Gasteiger partial charge in [-0.2, -0.15) is 14.0 Å². The number of ether oxygens (including phenoxy) is 1. The fourth-order valence-electron chi connectivity index (χ4n) is 5.52. The van der Waals surface area contributed by atoms with E-state index in [0.29, 0.717) is 23.1 Å². The fraction of sp³-hybridized carbons (Fsp3) is 0.417. The molecule has 34 heavy (non-hydrogen) atoms. The number of nitrogens with zero attached hydrogens (tertiary/aromatic N) is 4. The number of hydrogen-bond donors (Lipinski definition) is 0. The van der Waals surface area contributed by atoms with Crippen LogP contribution in [0.3, 0.4) is 0 Å². The van der Waals surface area contributed by atoms with Crippen LogP contribution in [0.4, 0.5) is 14.5 Å². The SMILES string of the molecule is CC(c1ccc(OC(F)F)cc1)N1[C@@H]2CC[C@H]1CN(c1c(C#N)c(=O)n(C)c3cc(Cl)sc13)C2. The van der Waals surface area contributed by atoms with Crippen LogP contribution in [-0.2, 0) is 7.05 Å². The minimum Gasteiger partial charge on any atom is -0.435 e. The topological polar surface area (TPSA) is 61.5 Å². The molecule has 2 aliphatic heterocycles. The van der Waals surface area contributed by atoms with E-state index in [-0.39, 0.29) is 35.0 Å². The van der Waals surface area contributed by atoms with E-state index in [2.05, 4.69) is 27.5 Å². The smallest absolute Gasteiger partial charge is 0.387 e. The first-order valence-electron chi connectivity index (χ1n) is 11.1. The number of rotatable bonds is 5. The number of anilines is 1. The molecule has 4 heterocycles. The van der Waals surface area contributed by atoms with Crippen molar-refractivity contribution in [3.8, 4) is 11.8 Å². The minimum absolute atomic E-state index is 0.0931. The normalized spacial score (nSPS) is 21.3. The monoisotopic (exact) mass is 504 g/mol. The standard InChI is InChI=1S/C24H23ClF2N4O2S/c1-13(14-3-7-17(8-4-14)33-24(26)27)31-15-5-6-16(31)12-30(11-15)21-18(10-28)23(32)29(2)19-9-20(25)34-22(19)21/h3-4,7-9,13,15-16,24H,5-6,11-12H2,1-2H3/t13?,15-,16+. The van der Waals surface area contributed by atoms with Crippen LogP contribution in [0, 0.1) is 11.3 Å². The van der Waals surface area contributed by atoms with E-state index in [4.69, 9.17) is 11.6 Å². The number of benzene rings is 1. The number of hydrogen-bond acceptors (Lipinski definition) is 6. The van der Waals surface area contributed by atoms with Crippen molar-refractivity contribution in [1.29, 1.82) is 5.26 Å². The molecule has 0 amide bonds. The number of alkyl halides is 2. The highest BCUT2D eigenvalue weighted by molar-refractivity contribution is 7.23. The molecule has 0 aliphatic carbocycles. The van der Waals surface area contributed by atoms with Crippen LogP contribution < -0.4 is 15.2 Å². The van der Waals surface area contributed by atoms with Crippen LogP contribution in [-0.4, -0.2) is 41.3 Å². The molecule has 0 saturated carbocycles. The first kappa shape index (κ1) is 23.1. The Morgan fingerprint density at radius 2 is 1.85 bits per heavy atom. The van der Waals surface area contributed by atoms with E-state index in [9.17, 15) is 18.8 Å². The highest BCUT2D eigenvalue weighted by Crippen LogP contribution is 2.43. The molecule has 3 atom stereocenters. The average Bonchev–Trinajstić information content (AvgIpc) is 3.32. The fourth-order valence-corrected chi connectivity index (χ4v) is 6.84. The molecule has 178 valence electrons. The van der Waals surface area contributed by atoms with Gasteiger partial charge in [0.2, 0.25) is 0 Å². The zero-order valence-corrected chi connectivity index (χ0v) is 20.2. The molecule has 1 aromatic carbocycles. The van der Waals surface area contributed by atoms with Crippen molar-refractivity contribution in [2.24, 2.45) is 7.05 Å². The molecule has 5 rings (SSSR count). The lowest BCUT2D eigenvalue weighted by Crippen LogP contribution is -2.54. The van der Waals surface area contributed by atoms with Crippen molar-refractivity contribution in [1.82, 2.24) is 9.47 Å². The summed E-state index contributed by atoms with van der Waals surface area (Å²) in [5, 5.41) is 9.85. The first-order valence-corrected chi connectivity index (χ1v) is 12.3. The van der Waals surface area contributed by atoms with Gasteiger partial charge in [-0.15, -0.1) is 11.3 Å². The summed E-state index contributed by atoms with van der Waals surface area (Å²) in [5.41, 5.74) is 2.31. The van der Waals surface area contributed by atoms with E-state index in [1.807, 2.05) is 12.1 Å². The predicted octanol–water partition coefficient (Wildman–Crippen LogP) is 5.14. The summed E-state index contributed by atoms with van der Waals surface area (Å²) >= 11 is 7.69. The van der Waals surface area contributed by atoms with E-state index in [1.54, 1.807) is 25.2 Å². The Hall–Kier alpha value is -2.67. The number of aryl methyl sites for hydroxylation is 1. The second-order valence-corrected chi connectivity index (χ2v) is 10.5. The maximum atomic E-state index is 12.9. The molecule has 2 saturated heterocycles. The Morgan fingerprint density at radius 1 is 1.21 bits per heavy atom. The lowest BCUT2D eigenvalue weighted by molar-refractivity contribution is -0.0498. The molecule has 2 bridgehead atoms. The van der Waals surface area contributed by atoms with Crippen LogP contribution >= 0.6 is 22.9 Å². The number of thiophene rings is 1. The van der Waals surface area contributed by atoms with Gasteiger partial charge in [0.25, 0.3) is 5.56 Å². The van der Waals surface area contributed by atoms with Gasteiger partial charge in [0.15, 0.2) is 0 Å². The molecule has 10 heteroatoms. The van der Waals surface area contributed by atoms with E-state index < -0.39 is 6.61 Å². The quantitative estimate of drug-likeness (QED) is 0.481. The summed E-state index contributed by atoms with van der Waals surface area (Å²) in [6, 6.07) is 11.3. The molecule has 6 nitrogen and oxygen atoms in total.